The third-order valence-electron chi connectivity index (χ3n) is 5.96. The van der Waals surface area contributed by atoms with E-state index in [-0.39, 0.29) is 10.6 Å². The Morgan fingerprint density at radius 1 is 1.14 bits per heavy atom. The van der Waals surface area contributed by atoms with Crippen LogP contribution >= 0.6 is 23.4 Å². The standard InChI is InChI=1S/C24H30ClFO2S/c1-4-18(8-5-13-25)24(19-9-11-20(26)12-10-19)21-16-23(28-3)22(27-2)15-17(21)7-6-14-29-24/h9-12,15-16,18H,4-8,13-14H2,1-3H3. The Kier molecular flexibility index (Phi) is 7.75. The number of halogens is 2. The first-order chi connectivity index (χ1) is 14.1. The van der Waals surface area contributed by atoms with Gasteiger partial charge in [-0.1, -0.05) is 25.5 Å². The molecule has 0 saturated carbocycles. The average Bonchev–Trinajstić information content (AvgIpc) is 2.94. The SMILES string of the molecule is CCC(CCCCl)C1(c2ccc(F)cc2)SCCCc2cc(OC)c(OC)cc21. The number of aryl methyl sites for hydroxylation is 1. The van der Waals surface area contributed by atoms with Gasteiger partial charge in [0, 0.05) is 5.88 Å². The highest BCUT2D eigenvalue weighted by atomic mass is 35.5. The summed E-state index contributed by atoms with van der Waals surface area (Å²) in [6.07, 6.45) is 5.11. The lowest BCUT2D eigenvalue weighted by Crippen LogP contribution is -2.34. The number of ether oxygens (including phenoxy) is 2. The van der Waals surface area contributed by atoms with Crippen LogP contribution in [0.2, 0.25) is 0 Å². The van der Waals surface area contributed by atoms with E-state index in [2.05, 4.69) is 19.1 Å². The van der Waals surface area contributed by atoms with Crippen LogP contribution in [0.1, 0.15) is 49.3 Å². The minimum Gasteiger partial charge on any atom is -0.493 e. The fraction of sp³-hybridized carbons (Fsp3) is 0.500. The molecule has 2 nitrogen and oxygen atoms in total. The number of hydrogen-bond donors (Lipinski definition) is 0. The van der Waals surface area contributed by atoms with Crippen molar-refractivity contribution in [3.63, 3.8) is 0 Å². The lowest BCUT2D eigenvalue weighted by molar-refractivity contribution is 0.350. The van der Waals surface area contributed by atoms with Crippen LogP contribution in [-0.4, -0.2) is 25.9 Å². The molecule has 0 amide bonds. The Morgan fingerprint density at radius 3 is 2.45 bits per heavy atom. The molecule has 2 aromatic rings. The molecule has 0 saturated heterocycles. The molecule has 0 aromatic heterocycles. The predicted molar refractivity (Wildman–Crippen MR) is 121 cm³/mol. The smallest absolute Gasteiger partial charge is 0.161 e. The molecule has 0 fully saturated rings. The zero-order chi connectivity index (χ0) is 20.9. The van der Waals surface area contributed by atoms with Crippen LogP contribution in [0.15, 0.2) is 36.4 Å². The lowest BCUT2D eigenvalue weighted by atomic mass is 9.74. The zero-order valence-corrected chi connectivity index (χ0v) is 19.0. The number of alkyl halides is 1. The summed E-state index contributed by atoms with van der Waals surface area (Å²) < 4.78 is 24.8. The quantitative estimate of drug-likeness (QED) is 0.423. The van der Waals surface area contributed by atoms with E-state index in [4.69, 9.17) is 21.1 Å². The molecule has 2 aromatic carbocycles. The van der Waals surface area contributed by atoms with Crippen molar-refractivity contribution in [1.82, 2.24) is 0 Å². The number of fused-ring (bicyclic) bond motifs is 1. The first-order valence-corrected chi connectivity index (χ1v) is 11.8. The largest absolute Gasteiger partial charge is 0.493 e. The second-order valence-corrected chi connectivity index (χ2v) is 9.21. The maximum atomic E-state index is 13.8. The normalized spacial score (nSPS) is 19.9. The van der Waals surface area contributed by atoms with Crippen molar-refractivity contribution in [2.24, 2.45) is 5.92 Å². The molecule has 158 valence electrons. The van der Waals surface area contributed by atoms with E-state index in [1.807, 2.05) is 23.9 Å². The first kappa shape index (κ1) is 22.3. The monoisotopic (exact) mass is 436 g/mol. The summed E-state index contributed by atoms with van der Waals surface area (Å²) in [5.74, 6) is 3.39. The minimum atomic E-state index is -0.264. The molecular weight excluding hydrogens is 407 g/mol. The number of benzene rings is 2. The third-order valence-corrected chi connectivity index (χ3v) is 7.96. The van der Waals surface area contributed by atoms with Crippen molar-refractivity contribution in [1.29, 1.82) is 0 Å². The Morgan fingerprint density at radius 2 is 1.83 bits per heavy atom. The van der Waals surface area contributed by atoms with Crippen molar-refractivity contribution in [3.8, 4) is 11.5 Å². The maximum absolute atomic E-state index is 13.8. The highest BCUT2D eigenvalue weighted by Gasteiger charge is 2.44. The first-order valence-electron chi connectivity index (χ1n) is 10.3. The lowest BCUT2D eigenvalue weighted by Gasteiger charge is -2.42. The van der Waals surface area contributed by atoms with Crippen LogP contribution in [0.4, 0.5) is 4.39 Å². The highest BCUT2D eigenvalue weighted by molar-refractivity contribution is 8.00. The summed E-state index contributed by atoms with van der Waals surface area (Å²) >= 11 is 8.07. The summed E-state index contributed by atoms with van der Waals surface area (Å²) in [6.45, 7) is 2.25. The van der Waals surface area contributed by atoms with Gasteiger partial charge in [-0.2, -0.15) is 0 Å². The molecule has 2 unspecified atom stereocenters. The van der Waals surface area contributed by atoms with Crippen LogP contribution in [0.5, 0.6) is 11.5 Å². The molecule has 2 atom stereocenters. The van der Waals surface area contributed by atoms with E-state index < -0.39 is 0 Å². The molecule has 1 aliphatic rings. The minimum absolute atomic E-state index is 0.205. The second kappa shape index (κ2) is 10.1. The van der Waals surface area contributed by atoms with E-state index in [0.29, 0.717) is 11.8 Å². The molecule has 0 N–H and O–H groups in total. The van der Waals surface area contributed by atoms with Crippen molar-refractivity contribution in [2.45, 2.75) is 43.8 Å². The van der Waals surface area contributed by atoms with Crippen LogP contribution < -0.4 is 9.47 Å². The Hall–Kier alpha value is -1.39. The highest BCUT2D eigenvalue weighted by Crippen LogP contribution is 2.55. The number of rotatable bonds is 8. The Bertz CT molecular complexity index is 811. The number of methoxy groups -OCH3 is 2. The van der Waals surface area contributed by atoms with E-state index in [1.165, 1.54) is 11.1 Å². The number of hydrogen-bond acceptors (Lipinski definition) is 3. The Labute approximate surface area is 183 Å². The van der Waals surface area contributed by atoms with Crippen LogP contribution in [0, 0.1) is 11.7 Å². The second-order valence-electron chi connectivity index (χ2n) is 7.50. The molecule has 0 bridgehead atoms. The molecule has 0 radical (unpaired) electrons. The van der Waals surface area contributed by atoms with Gasteiger partial charge in [0.05, 0.1) is 19.0 Å². The molecule has 3 rings (SSSR count). The maximum Gasteiger partial charge on any atom is 0.161 e. The average molecular weight is 437 g/mol. The van der Waals surface area contributed by atoms with Gasteiger partial charge in [-0.15, -0.1) is 23.4 Å². The molecule has 5 heteroatoms. The van der Waals surface area contributed by atoms with E-state index in [0.717, 1.165) is 54.9 Å². The molecule has 0 aliphatic carbocycles. The van der Waals surface area contributed by atoms with Gasteiger partial charge in [0.2, 0.25) is 0 Å². The van der Waals surface area contributed by atoms with E-state index in [1.54, 1.807) is 26.4 Å². The van der Waals surface area contributed by atoms with Crippen molar-refractivity contribution >= 4 is 23.4 Å². The molecular formula is C24H30ClFO2S. The van der Waals surface area contributed by atoms with Crippen molar-refractivity contribution in [2.75, 3.05) is 25.9 Å². The summed E-state index contributed by atoms with van der Waals surface area (Å²) in [6, 6.07) is 11.4. The third kappa shape index (κ3) is 4.39. The fourth-order valence-corrected chi connectivity index (χ4v) is 6.51. The van der Waals surface area contributed by atoms with Gasteiger partial charge in [0.25, 0.3) is 0 Å². The van der Waals surface area contributed by atoms with Crippen molar-refractivity contribution < 1.29 is 13.9 Å². The van der Waals surface area contributed by atoms with Crippen LogP contribution in [0.3, 0.4) is 0 Å². The summed E-state index contributed by atoms with van der Waals surface area (Å²) in [4.78, 5) is 0. The van der Waals surface area contributed by atoms with Gasteiger partial charge in [-0.05, 0) is 78.3 Å². The molecule has 0 spiro atoms. The summed E-state index contributed by atoms with van der Waals surface area (Å²) in [5.41, 5.74) is 3.72. The van der Waals surface area contributed by atoms with Crippen LogP contribution in [0.25, 0.3) is 0 Å². The van der Waals surface area contributed by atoms with E-state index in [9.17, 15) is 4.39 Å². The van der Waals surface area contributed by atoms with E-state index >= 15 is 0 Å². The molecule has 1 heterocycles. The van der Waals surface area contributed by atoms with Crippen molar-refractivity contribution in [3.05, 3.63) is 58.9 Å². The van der Waals surface area contributed by atoms with Gasteiger partial charge < -0.3 is 9.47 Å². The summed E-state index contributed by atoms with van der Waals surface area (Å²) in [5, 5.41) is 0. The zero-order valence-electron chi connectivity index (χ0n) is 17.5. The number of thioether (sulfide) groups is 1. The van der Waals surface area contributed by atoms with Gasteiger partial charge in [-0.3, -0.25) is 0 Å². The topological polar surface area (TPSA) is 18.5 Å². The predicted octanol–water partition coefficient (Wildman–Crippen LogP) is 6.81. The Balaban J connectivity index is 2.28. The van der Waals surface area contributed by atoms with Gasteiger partial charge in [0.1, 0.15) is 5.82 Å². The molecule has 1 aliphatic heterocycles. The van der Waals surface area contributed by atoms with Gasteiger partial charge in [0.15, 0.2) is 11.5 Å². The molecule has 29 heavy (non-hydrogen) atoms. The summed E-state index contributed by atoms with van der Waals surface area (Å²) in [7, 11) is 3.36. The van der Waals surface area contributed by atoms with Crippen LogP contribution in [-0.2, 0) is 11.2 Å². The van der Waals surface area contributed by atoms with Gasteiger partial charge >= 0.3 is 0 Å². The fourth-order valence-electron chi connectivity index (χ4n) is 4.58. The van der Waals surface area contributed by atoms with Gasteiger partial charge in [-0.25, -0.2) is 4.39 Å².